The van der Waals surface area contributed by atoms with Crippen LogP contribution in [-0.2, 0) is 0 Å². The molecule has 2 heteroatoms. The standard InChI is InChI=1S/C13H22N2/c1-10-8-11(2)13(12(3)9-10)15-7-5-4-6-14/h8-9,15H,4-7,14H2,1-3H3. The minimum Gasteiger partial charge on any atom is -0.385 e. The van der Waals surface area contributed by atoms with Crippen molar-refractivity contribution < 1.29 is 0 Å². The second kappa shape index (κ2) is 5.76. The minimum absolute atomic E-state index is 0.785. The Morgan fingerprint density at radius 3 is 2.20 bits per heavy atom. The molecular formula is C13H22N2. The van der Waals surface area contributed by atoms with E-state index in [-0.39, 0.29) is 0 Å². The van der Waals surface area contributed by atoms with E-state index in [1.165, 1.54) is 22.4 Å². The van der Waals surface area contributed by atoms with Crippen molar-refractivity contribution in [3.8, 4) is 0 Å². The van der Waals surface area contributed by atoms with E-state index in [0.717, 1.165) is 25.9 Å². The van der Waals surface area contributed by atoms with Gasteiger partial charge in [-0.05, 0) is 51.3 Å². The predicted molar refractivity (Wildman–Crippen MR) is 67.4 cm³/mol. The lowest BCUT2D eigenvalue weighted by Gasteiger charge is -2.13. The molecule has 84 valence electrons. The van der Waals surface area contributed by atoms with Gasteiger partial charge >= 0.3 is 0 Å². The van der Waals surface area contributed by atoms with Crippen molar-refractivity contribution in [1.82, 2.24) is 0 Å². The monoisotopic (exact) mass is 206 g/mol. The van der Waals surface area contributed by atoms with Crippen molar-refractivity contribution in [2.75, 3.05) is 18.4 Å². The summed E-state index contributed by atoms with van der Waals surface area (Å²) in [6.07, 6.45) is 2.24. The van der Waals surface area contributed by atoms with Crippen LogP contribution in [0.4, 0.5) is 5.69 Å². The SMILES string of the molecule is Cc1cc(C)c(NCCCCN)c(C)c1. The van der Waals surface area contributed by atoms with Gasteiger partial charge in [0.2, 0.25) is 0 Å². The highest BCUT2D eigenvalue weighted by Gasteiger charge is 2.02. The third kappa shape index (κ3) is 3.56. The maximum absolute atomic E-state index is 5.46. The quantitative estimate of drug-likeness (QED) is 0.727. The molecule has 0 amide bonds. The van der Waals surface area contributed by atoms with Gasteiger partial charge in [-0.3, -0.25) is 0 Å². The molecule has 0 aliphatic carbocycles. The fourth-order valence-electron chi connectivity index (χ4n) is 1.94. The van der Waals surface area contributed by atoms with Gasteiger partial charge < -0.3 is 11.1 Å². The van der Waals surface area contributed by atoms with Gasteiger partial charge in [0.1, 0.15) is 0 Å². The fraction of sp³-hybridized carbons (Fsp3) is 0.538. The highest BCUT2D eigenvalue weighted by molar-refractivity contribution is 5.58. The predicted octanol–water partition coefficient (Wildman–Crippen LogP) is 2.76. The summed E-state index contributed by atoms with van der Waals surface area (Å²) >= 11 is 0. The van der Waals surface area contributed by atoms with Crippen LogP contribution in [0.5, 0.6) is 0 Å². The molecule has 0 unspecified atom stereocenters. The molecule has 0 aliphatic rings. The zero-order valence-electron chi connectivity index (χ0n) is 10.1. The van der Waals surface area contributed by atoms with E-state index in [2.05, 4.69) is 38.2 Å². The number of rotatable bonds is 5. The van der Waals surface area contributed by atoms with E-state index in [0.29, 0.717) is 0 Å². The maximum Gasteiger partial charge on any atom is 0.0399 e. The first-order valence-corrected chi connectivity index (χ1v) is 5.67. The number of hydrogen-bond acceptors (Lipinski definition) is 2. The molecule has 0 atom stereocenters. The Hall–Kier alpha value is -1.02. The summed E-state index contributed by atoms with van der Waals surface area (Å²) in [5.74, 6) is 0. The molecule has 0 spiro atoms. The van der Waals surface area contributed by atoms with Crippen molar-refractivity contribution in [2.24, 2.45) is 5.73 Å². The van der Waals surface area contributed by atoms with Crippen LogP contribution in [0.3, 0.4) is 0 Å². The average Bonchev–Trinajstić information content (AvgIpc) is 2.15. The molecule has 1 rings (SSSR count). The number of hydrogen-bond donors (Lipinski definition) is 2. The Labute approximate surface area is 92.9 Å². The maximum atomic E-state index is 5.46. The molecule has 1 aromatic rings. The number of unbranched alkanes of at least 4 members (excludes halogenated alkanes) is 1. The number of anilines is 1. The van der Waals surface area contributed by atoms with E-state index in [1.807, 2.05) is 0 Å². The highest BCUT2D eigenvalue weighted by atomic mass is 14.9. The first kappa shape index (κ1) is 12.1. The number of nitrogens with one attached hydrogen (secondary N) is 1. The van der Waals surface area contributed by atoms with E-state index >= 15 is 0 Å². The lowest BCUT2D eigenvalue weighted by Crippen LogP contribution is -2.07. The van der Waals surface area contributed by atoms with Crippen LogP contribution in [0.15, 0.2) is 12.1 Å². The molecule has 0 bridgehead atoms. The third-order valence-electron chi connectivity index (χ3n) is 2.61. The molecular weight excluding hydrogens is 184 g/mol. The van der Waals surface area contributed by atoms with Gasteiger partial charge in [0.15, 0.2) is 0 Å². The zero-order valence-corrected chi connectivity index (χ0v) is 10.1. The number of benzene rings is 1. The molecule has 0 aliphatic heterocycles. The van der Waals surface area contributed by atoms with Gasteiger partial charge in [-0.25, -0.2) is 0 Å². The second-order valence-electron chi connectivity index (χ2n) is 4.20. The van der Waals surface area contributed by atoms with E-state index in [9.17, 15) is 0 Å². The Morgan fingerprint density at radius 2 is 1.67 bits per heavy atom. The first-order chi connectivity index (χ1) is 7.15. The lowest BCUT2D eigenvalue weighted by atomic mass is 10.1. The molecule has 0 saturated carbocycles. The van der Waals surface area contributed by atoms with Crippen molar-refractivity contribution in [3.05, 3.63) is 28.8 Å². The highest BCUT2D eigenvalue weighted by Crippen LogP contribution is 2.21. The summed E-state index contributed by atoms with van der Waals surface area (Å²) in [4.78, 5) is 0. The van der Waals surface area contributed by atoms with Gasteiger partial charge in [0.05, 0.1) is 0 Å². The van der Waals surface area contributed by atoms with Crippen LogP contribution in [0.1, 0.15) is 29.5 Å². The van der Waals surface area contributed by atoms with Gasteiger partial charge in [0, 0.05) is 12.2 Å². The van der Waals surface area contributed by atoms with Crippen molar-refractivity contribution in [1.29, 1.82) is 0 Å². The van der Waals surface area contributed by atoms with Gasteiger partial charge in [-0.1, -0.05) is 17.7 Å². The second-order valence-corrected chi connectivity index (χ2v) is 4.20. The van der Waals surface area contributed by atoms with Crippen LogP contribution in [0, 0.1) is 20.8 Å². The van der Waals surface area contributed by atoms with Gasteiger partial charge in [-0.2, -0.15) is 0 Å². The third-order valence-corrected chi connectivity index (χ3v) is 2.61. The summed E-state index contributed by atoms with van der Waals surface area (Å²) in [7, 11) is 0. The molecule has 1 aromatic carbocycles. The van der Waals surface area contributed by atoms with Crippen LogP contribution in [-0.4, -0.2) is 13.1 Å². The summed E-state index contributed by atoms with van der Waals surface area (Å²) in [6.45, 7) is 8.25. The van der Waals surface area contributed by atoms with Crippen LogP contribution >= 0.6 is 0 Å². The summed E-state index contributed by atoms with van der Waals surface area (Å²) in [5, 5.41) is 3.49. The van der Waals surface area contributed by atoms with Gasteiger partial charge in [0.25, 0.3) is 0 Å². The Bertz CT molecular complexity index is 295. The van der Waals surface area contributed by atoms with Crippen LogP contribution in [0.25, 0.3) is 0 Å². The summed E-state index contributed by atoms with van der Waals surface area (Å²) in [6, 6.07) is 4.44. The van der Waals surface area contributed by atoms with Crippen molar-refractivity contribution >= 4 is 5.69 Å². The summed E-state index contributed by atoms with van der Waals surface area (Å²) < 4.78 is 0. The first-order valence-electron chi connectivity index (χ1n) is 5.67. The Morgan fingerprint density at radius 1 is 1.07 bits per heavy atom. The largest absolute Gasteiger partial charge is 0.385 e. The van der Waals surface area contributed by atoms with Crippen LogP contribution in [0.2, 0.25) is 0 Å². The van der Waals surface area contributed by atoms with Gasteiger partial charge in [-0.15, -0.1) is 0 Å². The summed E-state index contributed by atoms with van der Waals surface area (Å²) in [5.41, 5.74) is 10.7. The van der Waals surface area contributed by atoms with Crippen LogP contribution < -0.4 is 11.1 Å². The molecule has 0 heterocycles. The van der Waals surface area contributed by atoms with E-state index in [4.69, 9.17) is 5.73 Å². The van der Waals surface area contributed by atoms with E-state index in [1.54, 1.807) is 0 Å². The number of nitrogens with two attached hydrogens (primary N) is 1. The topological polar surface area (TPSA) is 38.0 Å². The molecule has 0 radical (unpaired) electrons. The van der Waals surface area contributed by atoms with E-state index < -0.39 is 0 Å². The molecule has 15 heavy (non-hydrogen) atoms. The molecule has 0 saturated heterocycles. The smallest absolute Gasteiger partial charge is 0.0399 e. The average molecular weight is 206 g/mol. The van der Waals surface area contributed by atoms with Crippen molar-refractivity contribution in [2.45, 2.75) is 33.6 Å². The lowest BCUT2D eigenvalue weighted by molar-refractivity contribution is 0.773. The molecule has 3 N–H and O–H groups in total. The van der Waals surface area contributed by atoms with Crippen molar-refractivity contribution in [3.63, 3.8) is 0 Å². The Balaban J connectivity index is 2.60. The minimum atomic E-state index is 0.785. The Kier molecular flexibility index (Phi) is 4.63. The normalized spacial score (nSPS) is 10.4. The number of aryl methyl sites for hydroxylation is 3. The molecule has 0 fully saturated rings. The zero-order chi connectivity index (χ0) is 11.3. The molecule has 2 nitrogen and oxygen atoms in total. The fourth-order valence-corrected chi connectivity index (χ4v) is 1.94. The molecule has 0 aromatic heterocycles.